The molecule has 0 bridgehead atoms. The zero-order valence-electron chi connectivity index (χ0n) is 10.8. The van der Waals surface area contributed by atoms with Gasteiger partial charge in [-0.15, -0.1) is 11.3 Å². The van der Waals surface area contributed by atoms with Crippen LogP contribution in [0.1, 0.15) is 10.4 Å². The summed E-state index contributed by atoms with van der Waals surface area (Å²) in [5, 5.41) is 19.0. The summed E-state index contributed by atoms with van der Waals surface area (Å²) in [4.78, 5) is 5.42. The Kier molecular flexibility index (Phi) is 2.94. The Morgan fingerprint density at radius 2 is 1.71 bits per heavy atom. The third-order valence-electron chi connectivity index (χ3n) is 3.18. The van der Waals surface area contributed by atoms with Crippen molar-refractivity contribution < 1.29 is 0 Å². The van der Waals surface area contributed by atoms with Crippen LogP contribution in [0, 0.1) is 22.7 Å². The summed E-state index contributed by atoms with van der Waals surface area (Å²) in [5.74, 6) is 0. The van der Waals surface area contributed by atoms with Gasteiger partial charge in [0.15, 0.2) is 0 Å². The maximum absolute atomic E-state index is 9.40. The summed E-state index contributed by atoms with van der Waals surface area (Å²) in [7, 11) is 0. The molecule has 21 heavy (non-hydrogen) atoms. The Labute approximate surface area is 124 Å². The van der Waals surface area contributed by atoms with Gasteiger partial charge in [-0.3, -0.25) is 0 Å². The van der Waals surface area contributed by atoms with Crippen LogP contribution in [-0.2, 0) is 0 Å². The van der Waals surface area contributed by atoms with E-state index in [-0.39, 0.29) is 11.3 Å². The number of benzene rings is 1. The van der Waals surface area contributed by atoms with Crippen LogP contribution in [0.4, 0.5) is 11.4 Å². The lowest BCUT2D eigenvalue weighted by Gasteiger charge is -2.07. The number of anilines is 2. The molecule has 4 N–H and O–H groups in total. The zero-order chi connectivity index (χ0) is 15.0. The van der Waals surface area contributed by atoms with Gasteiger partial charge in [-0.25, -0.2) is 4.98 Å². The van der Waals surface area contributed by atoms with Crippen LogP contribution in [0.25, 0.3) is 21.5 Å². The van der Waals surface area contributed by atoms with Crippen molar-refractivity contribution in [3.05, 3.63) is 40.8 Å². The number of rotatable bonds is 1. The van der Waals surface area contributed by atoms with E-state index in [1.165, 1.54) is 11.3 Å². The standard InChI is InChI=1S/C15H9N5S/c16-6-9-12(18)11-13(19)10(7-17)21-15(11)20-14(9)8-4-2-1-3-5-8/h1-5H,19H2,(H2,18,20). The summed E-state index contributed by atoms with van der Waals surface area (Å²) in [5.41, 5.74) is 14.2. The van der Waals surface area contributed by atoms with Crippen LogP contribution in [-0.4, -0.2) is 4.98 Å². The van der Waals surface area contributed by atoms with Gasteiger partial charge < -0.3 is 11.5 Å². The Morgan fingerprint density at radius 1 is 1.00 bits per heavy atom. The molecule has 0 atom stereocenters. The molecule has 0 unspecified atom stereocenters. The molecule has 0 aliphatic heterocycles. The number of nitrogens with two attached hydrogens (primary N) is 2. The molecule has 0 fully saturated rings. The van der Waals surface area contributed by atoms with Gasteiger partial charge in [0, 0.05) is 5.56 Å². The van der Waals surface area contributed by atoms with E-state index in [0.717, 1.165) is 5.56 Å². The van der Waals surface area contributed by atoms with Gasteiger partial charge in [-0.1, -0.05) is 30.3 Å². The molecular formula is C15H9N5S. The minimum atomic E-state index is 0.275. The highest BCUT2D eigenvalue weighted by Crippen LogP contribution is 2.40. The Hall–Kier alpha value is -3.09. The summed E-state index contributed by atoms with van der Waals surface area (Å²) in [6.07, 6.45) is 0. The lowest BCUT2D eigenvalue weighted by atomic mass is 10.0. The molecule has 0 saturated heterocycles. The first-order valence-corrected chi connectivity index (χ1v) is 6.86. The molecule has 1 aromatic carbocycles. The van der Waals surface area contributed by atoms with E-state index in [1.54, 1.807) is 0 Å². The minimum absolute atomic E-state index is 0.275. The smallest absolute Gasteiger partial charge is 0.130 e. The molecule has 0 saturated carbocycles. The van der Waals surface area contributed by atoms with Gasteiger partial charge in [-0.2, -0.15) is 10.5 Å². The Morgan fingerprint density at radius 3 is 2.33 bits per heavy atom. The highest BCUT2D eigenvalue weighted by Gasteiger charge is 2.20. The summed E-state index contributed by atoms with van der Waals surface area (Å²) >= 11 is 1.18. The Bertz CT molecular complexity index is 929. The quantitative estimate of drug-likeness (QED) is 0.715. The first kappa shape index (κ1) is 12.9. The molecule has 0 spiro atoms. The van der Waals surface area contributed by atoms with E-state index in [1.807, 2.05) is 36.4 Å². The predicted molar refractivity (Wildman–Crippen MR) is 83.3 cm³/mol. The van der Waals surface area contributed by atoms with E-state index < -0.39 is 0 Å². The van der Waals surface area contributed by atoms with Crippen molar-refractivity contribution in [2.75, 3.05) is 11.5 Å². The van der Waals surface area contributed by atoms with Crippen LogP contribution in [0.2, 0.25) is 0 Å². The van der Waals surface area contributed by atoms with Crippen molar-refractivity contribution in [3.63, 3.8) is 0 Å². The number of nitriles is 2. The van der Waals surface area contributed by atoms with E-state index in [0.29, 0.717) is 26.5 Å². The van der Waals surface area contributed by atoms with Crippen molar-refractivity contribution in [2.24, 2.45) is 0 Å². The van der Waals surface area contributed by atoms with Crippen molar-refractivity contribution in [1.29, 1.82) is 10.5 Å². The summed E-state index contributed by atoms with van der Waals surface area (Å²) < 4.78 is 0. The van der Waals surface area contributed by atoms with Crippen LogP contribution in [0.15, 0.2) is 30.3 Å². The second-order valence-corrected chi connectivity index (χ2v) is 5.36. The van der Waals surface area contributed by atoms with E-state index in [9.17, 15) is 5.26 Å². The molecule has 2 heterocycles. The number of hydrogen-bond donors (Lipinski definition) is 2. The van der Waals surface area contributed by atoms with Crippen LogP contribution >= 0.6 is 11.3 Å². The largest absolute Gasteiger partial charge is 0.397 e. The fourth-order valence-electron chi connectivity index (χ4n) is 2.18. The van der Waals surface area contributed by atoms with Gasteiger partial charge in [0.25, 0.3) is 0 Å². The fourth-order valence-corrected chi connectivity index (χ4v) is 3.09. The normalized spacial score (nSPS) is 10.2. The zero-order valence-corrected chi connectivity index (χ0v) is 11.6. The number of pyridine rings is 1. The third-order valence-corrected chi connectivity index (χ3v) is 4.18. The second-order valence-electron chi connectivity index (χ2n) is 4.36. The van der Waals surface area contributed by atoms with Crippen molar-refractivity contribution in [1.82, 2.24) is 4.98 Å². The van der Waals surface area contributed by atoms with E-state index >= 15 is 0 Å². The number of hydrogen-bond acceptors (Lipinski definition) is 6. The number of nitrogens with zero attached hydrogens (tertiary/aromatic N) is 3. The monoisotopic (exact) mass is 291 g/mol. The highest BCUT2D eigenvalue weighted by atomic mass is 32.1. The number of thiophene rings is 1. The third kappa shape index (κ3) is 1.86. The SMILES string of the molecule is N#Cc1sc2nc(-c3ccccc3)c(C#N)c(N)c2c1N. The van der Waals surface area contributed by atoms with Crippen molar-refractivity contribution in [3.8, 4) is 23.4 Å². The molecule has 3 aromatic rings. The number of aromatic nitrogens is 1. The molecule has 0 radical (unpaired) electrons. The lowest BCUT2D eigenvalue weighted by molar-refractivity contribution is 1.38. The average molecular weight is 291 g/mol. The number of nitrogen functional groups attached to an aromatic ring is 2. The molecule has 0 amide bonds. The molecule has 6 heteroatoms. The minimum Gasteiger partial charge on any atom is -0.397 e. The van der Waals surface area contributed by atoms with Crippen molar-refractivity contribution in [2.45, 2.75) is 0 Å². The lowest BCUT2D eigenvalue weighted by Crippen LogP contribution is -1.99. The fraction of sp³-hybridized carbons (Fsp3) is 0. The molecule has 2 aromatic heterocycles. The van der Waals surface area contributed by atoms with Gasteiger partial charge in [-0.05, 0) is 0 Å². The van der Waals surface area contributed by atoms with Gasteiger partial charge in [0.1, 0.15) is 27.4 Å². The van der Waals surface area contributed by atoms with Gasteiger partial charge in [0.2, 0.25) is 0 Å². The van der Waals surface area contributed by atoms with Crippen LogP contribution in [0.3, 0.4) is 0 Å². The predicted octanol–water partition coefficient (Wildman–Crippen LogP) is 2.87. The molecular weight excluding hydrogens is 282 g/mol. The topological polar surface area (TPSA) is 113 Å². The maximum Gasteiger partial charge on any atom is 0.130 e. The van der Waals surface area contributed by atoms with Gasteiger partial charge >= 0.3 is 0 Å². The highest BCUT2D eigenvalue weighted by molar-refractivity contribution is 7.20. The maximum atomic E-state index is 9.40. The molecule has 100 valence electrons. The van der Waals surface area contributed by atoms with Crippen molar-refractivity contribution >= 4 is 32.9 Å². The van der Waals surface area contributed by atoms with E-state index in [4.69, 9.17) is 16.7 Å². The molecule has 3 rings (SSSR count). The average Bonchev–Trinajstić information content (AvgIpc) is 2.84. The first-order valence-electron chi connectivity index (χ1n) is 6.04. The molecule has 5 nitrogen and oxygen atoms in total. The summed E-state index contributed by atoms with van der Waals surface area (Å²) in [6.45, 7) is 0. The first-order chi connectivity index (χ1) is 10.2. The Balaban J connectivity index is 2.43. The van der Waals surface area contributed by atoms with Gasteiger partial charge in [0.05, 0.1) is 22.5 Å². The second kappa shape index (κ2) is 4.78. The molecule has 0 aliphatic carbocycles. The van der Waals surface area contributed by atoms with Crippen LogP contribution in [0.5, 0.6) is 0 Å². The van der Waals surface area contributed by atoms with Crippen LogP contribution < -0.4 is 11.5 Å². The number of fused-ring (bicyclic) bond motifs is 1. The summed E-state index contributed by atoms with van der Waals surface area (Å²) in [6, 6.07) is 13.4. The van der Waals surface area contributed by atoms with E-state index in [2.05, 4.69) is 11.1 Å². The molecule has 0 aliphatic rings.